The van der Waals surface area contributed by atoms with Crippen LogP contribution in [0.3, 0.4) is 0 Å². The Morgan fingerprint density at radius 1 is 1.00 bits per heavy atom. The summed E-state index contributed by atoms with van der Waals surface area (Å²) in [6, 6.07) is 0. The molecule has 0 amide bonds. The van der Waals surface area contributed by atoms with Crippen molar-refractivity contribution in [2.45, 2.75) is 40.8 Å². The first-order chi connectivity index (χ1) is 3.46. The molecule has 4 heteroatoms. The van der Waals surface area contributed by atoms with E-state index in [1.165, 1.54) is 6.92 Å². The van der Waals surface area contributed by atoms with Crippen LogP contribution in [0.2, 0.25) is 0 Å². The normalized spacial score (nSPS) is 9.90. The molecule has 0 nitrogen and oxygen atoms in total. The van der Waals surface area contributed by atoms with Gasteiger partial charge in [-0.15, -0.1) is 0 Å². The first-order valence-electron chi connectivity index (χ1n) is 2.03. The summed E-state index contributed by atoms with van der Waals surface area (Å²) in [4.78, 5) is 0. The van der Waals surface area contributed by atoms with Gasteiger partial charge < -0.3 is 0 Å². The van der Waals surface area contributed by atoms with Gasteiger partial charge >= 0.3 is 0 Å². The van der Waals surface area contributed by atoms with Gasteiger partial charge in [-0.25, -0.2) is 13.2 Å². The number of hydrogen-bond acceptors (Lipinski definition) is 0. The van der Waals surface area contributed by atoms with E-state index < -0.39 is 12.1 Å². The van der Waals surface area contributed by atoms with Gasteiger partial charge in [0.25, 0.3) is 0 Å². The Morgan fingerprint density at radius 2 is 1.00 bits per heavy atom. The minimum Gasteiger partial charge on any atom is -0.230 e. The van der Waals surface area contributed by atoms with Crippen LogP contribution >= 0.6 is 11.6 Å². The van der Waals surface area contributed by atoms with E-state index in [2.05, 4.69) is 11.6 Å². The highest BCUT2D eigenvalue weighted by atomic mass is 35.5. The van der Waals surface area contributed by atoms with Crippen LogP contribution < -0.4 is 0 Å². The molecule has 0 aliphatic rings. The topological polar surface area (TPSA) is 0 Å². The van der Waals surface area contributed by atoms with Gasteiger partial charge in [0.1, 0.15) is 0 Å². The van der Waals surface area contributed by atoms with E-state index in [1.54, 1.807) is 0 Å². The molecule has 0 aromatic rings. The van der Waals surface area contributed by atoms with Crippen molar-refractivity contribution in [2.24, 2.45) is 0 Å². The highest BCUT2D eigenvalue weighted by Crippen LogP contribution is 1.89. The van der Waals surface area contributed by atoms with Crippen LogP contribution in [0.25, 0.3) is 0 Å². The molecule has 68 valence electrons. The molecule has 0 rings (SSSR count). The van der Waals surface area contributed by atoms with Crippen molar-refractivity contribution in [1.82, 2.24) is 0 Å². The summed E-state index contributed by atoms with van der Waals surface area (Å²) >= 11 is 4.61. The van der Waals surface area contributed by atoms with Crippen LogP contribution in [0.5, 0.6) is 0 Å². The zero-order chi connectivity index (χ0) is 7.15. The lowest BCUT2D eigenvalue weighted by Gasteiger charge is -1.71. The summed E-state index contributed by atoms with van der Waals surface area (Å²) < 4.78 is 31.4. The Hall–Kier alpha value is 0.0800. The van der Waals surface area contributed by atoms with Crippen LogP contribution in [-0.4, -0.2) is 12.1 Å². The molecule has 0 fully saturated rings. The quantitative estimate of drug-likeness (QED) is 0.493. The molecule has 1 unspecified atom stereocenters. The SMILES string of the molecule is C.C.CC(F)Cl.CC(F)F. The van der Waals surface area contributed by atoms with E-state index in [1.807, 2.05) is 0 Å². The van der Waals surface area contributed by atoms with Crippen molar-refractivity contribution in [1.29, 1.82) is 0 Å². The Labute approximate surface area is 66.4 Å². The Balaban J connectivity index is -0.0000000300. The maximum Gasteiger partial charge on any atom is 0.235 e. The van der Waals surface area contributed by atoms with Gasteiger partial charge in [-0.3, -0.25) is 0 Å². The second kappa shape index (κ2) is 16.0. The first kappa shape index (κ1) is 22.5. The third-order valence-corrected chi connectivity index (χ3v) is 0. The van der Waals surface area contributed by atoms with E-state index in [4.69, 9.17) is 0 Å². The minimum absolute atomic E-state index is 0. The Morgan fingerprint density at radius 3 is 1.00 bits per heavy atom. The molecule has 0 aliphatic carbocycles. The van der Waals surface area contributed by atoms with Crippen molar-refractivity contribution in [2.75, 3.05) is 0 Å². The lowest BCUT2D eigenvalue weighted by Crippen LogP contribution is -1.69. The third-order valence-electron chi connectivity index (χ3n) is 0. The fraction of sp³-hybridized carbons (Fsp3) is 1.00. The van der Waals surface area contributed by atoms with Gasteiger partial charge in [-0.2, -0.15) is 0 Å². The second-order valence-corrected chi connectivity index (χ2v) is 1.64. The smallest absolute Gasteiger partial charge is 0.230 e. The molecule has 0 aromatic heterocycles. The largest absolute Gasteiger partial charge is 0.235 e. The number of rotatable bonds is 0. The lowest BCUT2D eigenvalue weighted by molar-refractivity contribution is 0.171. The van der Waals surface area contributed by atoms with Crippen molar-refractivity contribution >= 4 is 11.6 Å². The average Bonchev–Trinajstić information content (AvgIpc) is 1.25. The molecule has 0 aliphatic heterocycles. The van der Waals surface area contributed by atoms with E-state index in [-0.39, 0.29) is 14.9 Å². The van der Waals surface area contributed by atoms with Crippen molar-refractivity contribution in [3.8, 4) is 0 Å². The van der Waals surface area contributed by atoms with Crippen LogP contribution in [-0.2, 0) is 0 Å². The van der Waals surface area contributed by atoms with E-state index in [0.717, 1.165) is 6.92 Å². The highest BCUT2D eigenvalue weighted by molar-refractivity contribution is 6.19. The molecule has 0 aromatic carbocycles. The molecule has 0 N–H and O–H groups in total. The average molecular weight is 181 g/mol. The molecule has 0 saturated heterocycles. The van der Waals surface area contributed by atoms with E-state index in [0.29, 0.717) is 0 Å². The fourth-order valence-electron chi connectivity index (χ4n) is 0. The maximum absolute atomic E-state index is 10.8. The summed E-state index contributed by atoms with van der Waals surface area (Å²) in [6.45, 7) is 2.10. The number of alkyl halides is 4. The number of hydrogen-bond donors (Lipinski definition) is 0. The second-order valence-electron chi connectivity index (χ2n) is 1.04. The van der Waals surface area contributed by atoms with E-state index in [9.17, 15) is 13.2 Å². The van der Waals surface area contributed by atoms with Gasteiger partial charge in [0.15, 0.2) is 5.63 Å². The summed E-state index contributed by atoms with van der Waals surface area (Å²) in [7, 11) is 0. The summed E-state index contributed by atoms with van der Waals surface area (Å²) in [6.07, 6.45) is -2.17. The molecule has 0 heterocycles. The summed E-state index contributed by atoms with van der Waals surface area (Å²) in [5, 5.41) is 0. The van der Waals surface area contributed by atoms with Crippen molar-refractivity contribution in [3.05, 3.63) is 0 Å². The first-order valence-corrected chi connectivity index (χ1v) is 2.46. The van der Waals surface area contributed by atoms with Gasteiger partial charge in [0.2, 0.25) is 6.43 Å². The Kier molecular flexibility index (Phi) is 36.1. The van der Waals surface area contributed by atoms with E-state index >= 15 is 0 Å². The summed E-state index contributed by atoms with van der Waals surface area (Å²) in [5.41, 5.74) is -1.19. The molecule has 1 atom stereocenters. The molecule has 0 radical (unpaired) electrons. The van der Waals surface area contributed by atoms with Crippen LogP contribution in [0.15, 0.2) is 0 Å². The van der Waals surface area contributed by atoms with Gasteiger partial charge in [-0.05, 0) is 13.8 Å². The lowest BCUT2D eigenvalue weighted by atomic mass is 10.9. The van der Waals surface area contributed by atoms with Crippen LogP contribution in [0, 0.1) is 0 Å². The maximum atomic E-state index is 10.8. The third kappa shape index (κ3) is 63300. The van der Waals surface area contributed by atoms with Gasteiger partial charge in [-0.1, -0.05) is 26.5 Å². The zero-order valence-electron chi connectivity index (χ0n) is 4.67. The standard InChI is InChI=1S/C2H4ClF.C2H4F2.2CH4/c2*1-2(3)4;;/h2*2H,1H3;2*1H4. The highest BCUT2D eigenvalue weighted by Gasteiger charge is 1.79. The predicted molar refractivity (Wildman–Crippen MR) is 41.6 cm³/mol. The van der Waals surface area contributed by atoms with Crippen molar-refractivity contribution < 1.29 is 13.2 Å². The predicted octanol–water partition coefficient (Wildman–Crippen LogP) is 4.08. The van der Waals surface area contributed by atoms with Crippen LogP contribution in [0.4, 0.5) is 13.2 Å². The number of halogens is 4. The molecule has 0 saturated carbocycles. The molecular weight excluding hydrogens is 165 g/mol. The zero-order valence-corrected chi connectivity index (χ0v) is 5.42. The summed E-state index contributed by atoms with van der Waals surface area (Å²) in [5.74, 6) is 0. The van der Waals surface area contributed by atoms with Gasteiger partial charge in [0, 0.05) is 0 Å². The molecule has 0 bridgehead atoms. The minimum atomic E-state index is -2.17. The van der Waals surface area contributed by atoms with Crippen molar-refractivity contribution in [3.63, 3.8) is 0 Å². The van der Waals surface area contributed by atoms with Crippen LogP contribution in [0.1, 0.15) is 28.7 Å². The molecular formula is C6H16ClF3. The molecule has 10 heavy (non-hydrogen) atoms. The monoisotopic (exact) mass is 180 g/mol. The fourth-order valence-corrected chi connectivity index (χ4v) is 0. The van der Waals surface area contributed by atoms with Gasteiger partial charge in [0.05, 0.1) is 0 Å². The molecule has 0 spiro atoms. The Bertz CT molecular complexity index is 28.5.